The largest absolute Gasteiger partial charge is 0.411 e. The standard InChI is InChI=1S/C12H23NO2/c1-5-7-8-10(6-2)11(13-15)12(14)9(3)4/h9-10,15H,5-8H2,1-4H3. The van der Waals surface area contributed by atoms with Crippen molar-refractivity contribution in [3.05, 3.63) is 0 Å². The molecular formula is C12H23NO2. The molecule has 0 radical (unpaired) electrons. The lowest BCUT2D eigenvalue weighted by Gasteiger charge is -2.16. The van der Waals surface area contributed by atoms with E-state index in [-0.39, 0.29) is 17.6 Å². The Labute approximate surface area is 92.6 Å². The van der Waals surface area contributed by atoms with E-state index in [2.05, 4.69) is 12.1 Å². The fourth-order valence-corrected chi connectivity index (χ4v) is 1.61. The molecule has 3 heteroatoms. The van der Waals surface area contributed by atoms with Crippen LogP contribution in [0.15, 0.2) is 5.16 Å². The van der Waals surface area contributed by atoms with Crippen molar-refractivity contribution in [2.75, 3.05) is 0 Å². The minimum Gasteiger partial charge on any atom is -0.411 e. The molecule has 1 N–H and O–H groups in total. The Hall–Kier alpha value is -0.860. The van der Waals surface area contributed by atoms with Crippen molar-refractivity contribution < 1.29 is 10.0 Å². The van der Waals surface area contributed by atoms with Gasteiger partial charge in [-0.1, -0.05) is 45.7 Å². The molecule has 0 fully saturated rings. The van der Waals surface area contributed by atoms with Crippen LogP contribution in [0.5, 0.6) is 0 Å². The lowest BCUT2D eigenvalue weighted by Crippen LogP contribution is -2.27. The monoisotopic (exact) mass is 213 g/mol. The maximum Gasteiger partial charge on any atom is 0.183 e. The van der Waals surface area contributed by atoms with Crippen LogP contribution in [-0.4, -0.2) is 16.7 Å². The van der Waals surface area contributed by atoms with Gasteiger partial charge in [-0.15, -0.1) is 0 Å². The highest BCUT2D eigenvalue weighted by Gasteiger charge is 2.23. The number of hydrogen-bond acceptors (Lipinski definition) is 3. The van der Waals surface area contributed by atoms with Gasteiger partial charge in [0.05, 0.1) is 0 Å². The number of rotatable bonds is 7. The Kier molecular flexibility index (Phi) is 7.01. The van der Waals surface area contributed by atoms with Gasteiger partial charge in [0.25, 0.3) is 0 Å². The third-order valence-corrected chi connectivity index (χ3v) is 2.67. The SMILES string of the molecule is CCCCC(CC)C(=NO)C(=O)C(C)C. The first-order valence-electron chi connectivity index (χ1n) is 5.84. The quantitative estimate of drug-likeness (QED) is 0.401. The van der Waals surface area contributed by atoms with Crippen LogP contribution in [0.1, 0.15) is 53.4 Å². The van der Waals surface area contributed by atoms with E-state index >= 15 is 0 Å². The molecule has 0 aliphatic carbocycles. The van der Waals surface area contributed by atoms with E-state index in [4.69, 9.17) is 5.21 Å². The molecule has 0 aliphatic heterocycles. The second-order valence-electron chi connectivity index (χ2n) is 4.25. The van der Waals surface area contributed by atoms with Crippen molar-refractivity contribution in [2.45, 2.75) is 53.4 Å². The Morgan fingerprint density at radius 2 is 1.93 bits per heavy atom. The summed E-state index contributed by atoms with van der Waals surface area (Å²) in [6.07, 6.45) is 3.97. The zero-order valence-electron chi connectivity index (χ0n) is 10.3. The van der Waals surface area contributed by atoms with Gasteiger partial charge in [0.2, 0.25) is 0 Å². The molecule has 1 unspecified atom stereocenters. The maximum absolute atomic E-state index is 11.7. The van der Waals surface area contributed by atoms with E-state index < -0.39 is 0 Å². The van der Waals surface area contributed by atoms with Crippen molar-refractivity contribution in [3.8, 4) is 0 Å². The van der Waals surface area contributed by atoms with Crippen LogP contribution in [-0.2, 0) is 4.79 Å². The highest BCUT2D eigenvalue weighted by Crippen LogP contribution is 2.17. The third kappa shape index (κ3) is 4.45. The van der Waals surface area contributed by atoms with Gasteiger partial charge in [0.1, 0.15) is 5.71 Å². The lowest BCUT2D eigenvalue weighted by atomic mass is 9.88. The minimum absolute atomic E-state index is 0.0274. The number of oxime groups is 1. The van der Waals surface area contributed by atoms with E-state index in [1.807, 2.05) is 20.8 Å². The molecule has 0 aromatic carbocycles. The number of carbonyl (C=O) groups excluding carboxylic acids is 1. The van der Waals surface area contributed by atoms with Gasteiger partial charge in [-0.05, 0) is 12.8 Å². The summed E-state index contributed by atoms with van der Waals surface area (Å²) in [5.74, 6) is -0.00289. The molecule has 0 rings (SSSR count). The molecule has 0 aliphatic rings. The van der Waals surface area contributed by atoms with Crippen molar-refractivity contribution in [1.29, 1.82) is 0 Å². The van der Waals surface area contributed by atoms with Crippen molar-refractivity contribution >= 4 is 11.5 Å². The predicted octanol–water partition coefficient (Wildman–Crippen LogP) is 3.26. The second kappa shape index (κ2) is 7.43. The summed E-state index contributed by atoms with van der Waals surface area (Å²) in [6.45, 7) is 7.81. The fraction of sp³-hybridized carbons (Fsp3) is 0.833. The summed E-state index contributed by atoms with van der Waals surface area (Å²) in [5.41, 5.74) is 0.362. The van der Waals surface area contributed by atoms with Crippen LogP contribution in [0, 0.1) is 11.8 Å². The molecule has 1 atom stereocenters. The first-order chi connectivity index (χ1) is 7.08. The van der Waals surface area contributed by atoms with Gasteiger partial charge in [0, 0.05) is 11.8 Å². The maximum atomic E-state index is 11.7. The van der Waals surface area contributed by atoms with Crippen molar-refractivity contribution in [1.82, 2.24) is 0 Å². The molecule has 0 amide bonds. The van der Waals surface area contributed by atoms with Crippen LogP contribution in [0.25, 0.3) is 0 Å². The number of Topliss-reactive ketones (excluding diaryl/α,β-unsaturated/α-hetero) is 1. The smallest absolute Gasteiger partial charge is 0.183 e. The summed E-state index contributed by atoms with van der Waals surface area (Å²) < 4.78 is 0. The predicted molar refractivity (Wildman–Crippen MR) is 62.4 cm³/mol. The summed E-state index contributed by atoms with van der Waals surface area (Å²) in [7, 11) is 0. The number of hydrogen-bond donors (Lipinski definition) is 1. The number of carbonyl (C=O) groups is 1. The van der Waals surface area contributed by atoms with Crippen LogP contribution >= 0.6 is 0 Å². The van der Waals surface area contributed by atoms with Crippen LogP contribution < -0.4 is 0 Å². The van der Waals surface area contributed by atoms with E-state index in [0.717, 1.165) is 25.7 Å². The first kappa shape index (κ1) is 14.1. The Bertz CT molecular complexity index is 222. The second-order valence-corrected chi connectivity index (χ2v) is 4.25. The van der Waals surface area contributed by atoms with Crippen LogP contribution in [0.4, 0.5) is 0 Å². The normalized spacial score (nSPS) is 14.3. The average molecular weight is 213 g/mol. The van der Waals surface area contributed by atoms with E-state index in [1.54, 1.807) is 0 Å². The van der Waals surface area contributed by atoms with Crippen LogP contribution in [0.3, 0.4) is 0 Å². The zero-order chi connectivity index (χ0) is 11.8. The van der Waals surface area contributed by atoms with E-state index in [9.17, 15) is 4.79 Å². The molecule has 0 spiro atoms. The van der Waals surface area contributed by atoms with Gasteiger partial charge in [-0.25, -0.2) is 0 Å². The minimum atomic E-state index is -0.0911. The number of ketones is 1. The number of nitrogens with zero attached hydrogens (tertiary/aromatic N) is 1. The van der Waals surface area contributed by atoms with Gasteiger partial charge in [-0.2, -0.15) is 0 Å². The van der Waals surface area contributed by atoms with E-state index in [0.29, 0.717) is 5.71 Å². The molecule has 3 nitrogen and oxygen atoms in total. The third-order valence-electron chi connectivity index (χ3n) is 2.67. The summed E-state index contributed by atoms with van der Waals surface area (Å²) in [6, 6.07) is 0. The van der Waals surface area contributed by atoms with Crippen LogP contribution in [0.2, 0.25) is 0 Å². The topological polar surface area (TPSA) is 49.7 Å². The molecule has 0 saturated carbocycles. The van der Waals surface area contributed by atoms with Crippen molar-refractivity contribution in [2.24, 2.45) is 17.0 Å². The van der Waals surface area contributed by atoms with Crippen molar-refractivity contribution in [3.63, 3.8) is 0 Å². The molecule has 15 heavy (non-hydrogen) atoms. The molecule has 0 bridgehead atoms. The number of unbranched alkanes of at least 4 members (excludes halogenated alkanes) is 1. The Morgan fingerprint density at radius 1 is 1.33 bits per heavy atom. The highest BCUT2D eigenvalue weighted by atomic mass is 16.4. The Balaban J connectivity index is 4.55. The zero-order valence-corrected chi connectivity index (χ0v) is 10.3. The molecule has 88 valence electrons. The molecular weight excluding hydrogens is 190 g/mol. The van der Waals surface area contributed by atoms with Gasteiger partial charge in [0.15, 0.2) is 5.78 Å². The van der Waals surface area contributed by atoms with Gasteiger partial charge in [-0.3, -0.25) is 4.79 Å². The molecule has 0 heterocycles. The summed E-state index contributed by atoms with van der Waals surface area (Å²) in [4.78, 5) is 11.7. The fourth-order valence-electron chi connectivity index (χ4n) is 1.61. The lowest BCUT2D eigenvalue weighted by molar-refractivity contribution is -0.116. The van der Waals surface area contributed by atoms with Gasteiger partial charge < -0.3 is 5.21 Å². The van der Waals surface area contributed by atoms with Gasteiger partial charge >= 0.3 is 0 Å². The molecule has 0 saturated heterocycles. The Morgan fingerprint density at radius 3 is 2.27 bits per heavy atom. The average Bonchev–Trinajstić information content (AvgIpc) is 2.23. The molecule has 0 aromatic heterocycles. The molecule has 0 aromatic rings. The highest BCUT2D eigenvalue weighted by molar-refractivity contribution is 6.41. The first-order valence-corrected chi connectivity index (χ1v) is 5.84. The summed E-state index contributed by atoms with van der Waals surface area (Å²) in [5, 5.41) is 12.1. The van der Waals surface area contributed by atoms with E-state index in [1.165, 1.54) is 0 Å². The summed E-state index contributed by atoms with van der Waals surface area (Å²) >= 11 is 0.